The third kappa shape index (κ3) is 14.1. The highest BCUT2D eigenvalue weighted by atomic mass is 15.2. The maximum absolute atomic E-state index is 2.64. The Kier molecular flexibility index (Phi) is 19.2. The van der Waals surface area contributed by atoms with E-state index in [0.717, 1.165) is 80.4 Å². The van der Waals surface area contributed by atoms with Crippen molar-refractivity contribution in [3.8, 4) is 22.3 Å². The molecule has 600 valence electrons. The van der Waals surface area contributed by atoms with Gasteiger partial charge in [0.2, 0.25) is 0 Å². The van der Waals surface area contributed by atoms with Crippen LogP contribution in [0.1, 0.15) is 121 Å². The van der Waals surface area contributed by atoms with Crippen LogP contribution >= 0.6 is 0 Å². The van der Waals surface area contributed by atoms with Crippen molar-refractivity contribution in [3.05, 3.63) is 408 Å². The van der Waals surface area contributed by atoms with Crippen molar-refractivity contribution >= 4 is 149 Å². The third-order valence-corrected chi connectivity index (χ3v) is 26.2. The van der Waals surface area contributed by atoms with Crippen LogP contribution in [0.25, 0.3) is 22.3 Å². The summed E-state index contributed by atoms with van der Waals surface area (Å²) >= 11 is 0. The van der Waals surface area contributed by atoms with E-state index in [9.17, 15) is 0 Å². The highest BCUT2D eigenvalue weighted by Crippen LogP contribution is 2.53. The van der Waals surface area contributed by atoms with Crippen molar-refractivity contribution in [2.24, 2.45) is 0 Å². The summed E-state index contributed by atoms with van der Waals surface area (Å²) < 4.78 is 0. The van der Waals surface area contributed by atoms with Crippen LogP contribution in [0.15, 0.2) is 364 Å². The molecular formula is C115H104B2N6. The average Bonchev–Trinajstić information content (AvgIpc) is 0.685. The lowest BCUT2D eigenvalue weighted by Gasteiger charge is -2.46. The molecule has 0 atom stereocenters. The highest BCUT2D eigenvalue weighted by Gasteiger charge is 2.48. The number of hydrogen-bond donors (Lipinski definition) is 0. The number of fused-ring (bicyclic) bond motifs is 8. The molecule has 4 heterocycles. The first-order valence-electron chi connectivity index (χ1n) is 43.8. The second-order valence-corrected chi connectivity index (χ2v) is 38.2. The van der Waals surface area contributed by atoms with Crippen molar-refractivity contribution < 1.29 is 0 Å². The molecule has 16 aromatic carbocycles. The van der Waals surface area contributed by atoms with Gasteiger partial charge >= 0.3 is 0 Å². The number of benzene rings is 16. The minimum atomic E-state index is -0.446. The van der Waals surface area contributed by atoms with E-state index in [1.807, 2.05) is 0 Å². The first-order valence-corrected chi connectivity index (χ1v) is 43.8. The SMILES string of the molecule is Cc1ccc(N2c3ccc(C)cc3B3c4ccc(N(c5ccc(-c6ccccc6)cc5)c5ccc(-c6ccccc6)cc5)cc4N(c4ccc(C)cc4)c4cc(CC(C)(C)c5ccc6c(c5)B5c7cc(C(C)(C)C)ccc7N(c7ccc(C(C)(C)C)cc7)c7cc(N(c8ccccc8)c8ccccc8)cc(c75)N6c5ccc(C(C)(C)C)cc5)cc2c43)cc1. The van der Waals surface area contributed by atoms with Gasteiger partial charge < -0.3 is 29.4 Å². The molecule has 123 heavy (non-hydrogen) atoms. The molecule has 4 aliphatic rings. The molecule has 0 unspecified atom stereocenters. The quantitative estimate of drug-likeness (QED) is 0.0946. The molecule has 0 aromatic heterocycles. The number of para-hydroxylation sites is 2. The number of aryl methyl sites for hydroxylation is 3. The Morgan fingerprint density at radius 2 is 0.537 bits per heavy atom. The maximum Gasteiger partial charge on any atom is 0.252 e. The molecule has 20 rings (SSSR count). The highest BCUT2D eigenvalue weighted by molar-refractivity contribution is 7.01. The van der Waals surface area contributed by atoms with Crippen LogP contribution in [0.2, 0.25) is 0 Å². The second kappa shape index (κ2) is 30.3. The fourth-order valence-electron chi connectivity index (χ4n) is 19.7. The van der Waals surface area contributed by atoms with E-state index in [-0.39, 0.29) is 29.7 Å². The molecule has 6 nitrogen and oxygen atoms in total. The van der Waals surface area contributed by atoms with Crippen LogP contribution < -0.4 is 62.2 Å². The number of rotatable bonds is 15. The summed E-state index contributed by atoms with van der Waals surface area (Å²) in [5.74, 6) is 0. The molecule has 16 aromatic rings. The Morgan fingerprint density at radius 1 is 0.228 bits per heavy atom. The number of nitrogens with zero attached hydrogens (tertiary/aromatic N) is 6. The van der Waals surface area contributed by atoms with E-state index in [2.05, 4.69) is 490 Å². The molecule has 8 heteroatoms. The van der Waals surface area contributed by atoms with Gasteiger partial charge in [-0.2, -0.15) is 0 Å². The molecule has 0 aliphatic carbocycles. The van der Waals surface area contributed by atoms with Crippen LogP contribution in [0.3, 0.4) is 0 Å². The van der Waals surface area contributed by atoms with Crippen LogP contribution in [-0.2, 0) is 28.1 Å². The molecule has 0 bridgehead atoms. The molecule has 0 spiro atoms. The Balaban J connectivity index is 0.798. The minimum absolute atomic E-state index is 0.0427. The lowest BCUT2D eigenvalue weighted by Crippen LogP contribution is -2.61. The van der Waals surface area contributed by atoms with Gasteiger partial charge in [0.05, 0.1) is 5.69 Å². The third-order valence-electron chi connectivity index (χ3n) is 26.2. The van der Waals surface area contributed by atoms with Gasteiger partial charge in [-0.05, 0) is 283 Å². The predicted molar refractivity (Wildman–Crippen MR) is 528 cm³/mol. The molecule has 0 N–H and O–H groups in total. The predicted octanol–water partition coefficient (Wildman–Crippen LogP) is 27.5. The fraction of sp³-hybridized carbons (Fsp3) is 0.165. The summed E-state index contributed by atoms with van der Waals surface area (Å²) in [6.07, 6.45) is 0.728. The van der Waals surface area contributed by atoms with Gasteiger partial charge in [0.15, 0.2) is 0 Å². The molecule has 0 saturated carbocycles. The summed E-state index contributed by atoms with van der Waals surface area (Å²) in [5.41, 5.74) is 42.1. The maximum atomic E-state index is 2.64. The van der Waals surface area contributed by atoms with Gasteiger partial charge in [0.1, 0.15) is 0 Å². The van der Waals surface area contributed by atoms with Gasteiger partial charge in [0, 0.05) is 96.7 Å². The van der Waals surface area contributed by atoms with Crippen LogP contribution in [-0.4, -0.2) is 13.4 Å². The number of anilines is 18. The lowest BCUT2D eigenvalue weighted by atomic mass is 9.33. The van der Waals surface area contributed by atoms with Crippen molar-refractivity contribution in [1.82, 2.24) is 0 Å². The summed E-state index contributed by atoms with van der Waals surface area (Å²) in [6.45, 7) is 32.4. The zero-order chi connectivity index (χ0) is 84.5. The molecule has 4 aliphatic heterocycles. The van der Waals surface area contributed by atoms with E-state index < -0.39 is 5.41 Å². The van der Waals surface area contributed by atoms with Gasteiger partial charge in [-0.3, -0.25) is 0 Å². The van der Waals surface area contributed by atoms with Crippen molar-refractivity contribution in [2.75, 3.05) is 29.4 Å². The zero-order valence-electron chi connectivity index (χ0n) is 73.2. The molecule has 0 amide bonds. The Bertz CT molecular complexity index is 6550. The van der Waals surface area contributed by atoms with Crippen molar-refractivity contribution in [2.45, 2.75) is 125 Å². The van der Waals surface area contributed by atoms with Gasteiger partial charge in [-0.25, -0.2) is 0 Å². The smallest absolute Gasteiger partial charge is 0.252 e. The van der Waals surface area contributed by atoms with Gasteiger partial charge in [0.25, 0.3) is 13.4 Å². The van der Waals surface area contributed by atoms with E-state index in [1.165, 1.54) is 128 Å². The Labute approximate surface area is 728 Å². The van der Waals surface area contributed by atoms with Gasteiger partial charge in [-0.1, -0.05) is 305 Å². The molecule has 0 radical (unpaired) electrons. The summed E-state index contributed by atoms with van der Waals surface area (Å²) in [6, 6.07) is 139. The molecule has 0 saturated heterocycles. The normalized spacial score (nSPS) is 13.2. The summed E-state index contributed by atoms with van der Waals surface area (Å²) in [4.78, 5) is 15.3. The molecule has 0 fully saturated rings. The number of hydrogen-bond acceptors (Lipinski definition) is 6. The largest absolute Gasteiger partial charge is 0.311 e. The topological polar surface area (TPSA) is 19.4 Å². The Morgan fingerprint density at radius 3 is 0.967 bits per heavy atom. The van der Waals surface area contributed by atoms with E-state index in [0.29, 0.717) is 0 Å². The van der Waals surface area contributed by atoms with Crippen molar-refractivity contribution in [1.29, 1.82) is 0 Å². The van der Waals surface area contributed by atoms with Crippen LogP contribution in [0.4, 0.5) is 102 Å². The average molecular weight is 1590 g/mol. The zero-order valence-corrected chi connectivity index (χ0v) is 73.2. The summed E-state index contributed by atoms with van der Waals surface area (Å²) in [7, 11) is 0. The first kappa shape index (κ1) is 78.0. The minimum Gasteiger partial charge on any atom is -0.311 e. The standard InChI is InChI=1S/C115H104B2N6/c1-76-35-50-92(51-36-76)120-102-64-39-78(3)67-99(102)116-98-63-62-96(118(90-54-40-82(41-55-90)80-27-19-15-20-28-80)91-56-42-83(43-57-91)81-29-21-16-22-30-81)72-105(98)123(93-52-37-77(2)38-53-93)107-69-79(68-106(120)110(107)116)75-115(13,14)87-49-66-104-101(71-87)117-100-70-86(114(10,11)12)48-65-103(100)121(94-58-44-84(45-59-94)112(4,5)6)108-73-97(119(88-31-23-17-24-32-88)89-33-25-18-26-34-89)74-109(111(108)117)122(104)95-60-46-85(47-61-95)113(7,8)9/h15-74H,75H2,1-14H3. The monoisotopic (exact) mass is 1590 g/mol. The van der Waals surface area contributed by atoms with Crippen LogP contribution in [0.5, 0.6) is 0 Å². The Hall–Kier alpha value is -13.6. The first-order chi connectivity index (χ1) is 59.3. The molecular weight excluding hydrogens is 1490 g/mol. The van der Waals surface area contributed by atoms with Crippen molar-refractivity contribution in [3.63, 3.8) is 0 Å². The van der Waals surface area contributed by atoms with E-state index >= 15 is 0 Å². The lowest BCUT2D eigenvalue weighted by molar-refractivity contribution is 0.523. The van der Waals surface area contributed by atoms with Gasteiger partial charge in [-0.15, -0.1) is 0 Å². The second-order valence-electron chi connectivity index (χ2n) is 38.2. The summed E-state index contributed by atoms with van der Waals surface area (Å²) in [5, 5.41) is 0. The van der Waals surface area contributed by atoms with E-state index in [1.54, 1.807) is 0 Å². The van der Waals surface area contributed by atoms with Crippen LogP contribution in [0, 0.1) is 20.8 Å². The fourth-order valence-corrected chi connectivity index (χ4v) is 19.7. The van der Waals surface area contributed by atoms with E-state index in [4.69, 9.17) is 0 Å².